The fourth-order valence-electron chi connectivity index (χ4n) is 4.92. The van der Waals surface area contributed by atoms with E-state index in [1.54, 1.807) is 24.5 Å². The molecular weight excluding hydrogens is 649 g/mol. The quantitative estimate of drug-likeness (QED) is 0.226. The van der Waals surface area contributed by atoms with Crippen LogP contribution in [0.1, 0.15) is 46.0 Å². The van der Waals surface area contributed by atoms with Gasteiger partial charge in [0.15, 0.2) is 29.7 Å². The number of esters is 1. The van der Waals surface area contributed by atoms with Gasteiger partial charge in [-0.05, 0) is 54.7 Å². The van der Waals surface area contributed by atoms with Gasteiger partial charge >= 0.3 is 12.6 Å². The van der Waals surface area contributed by atoms with E-state index in [0.717, 1.165) is 12.8 Å². The first kappa shape index (κ1) is 35.3. The molecule has 2 aromatic carbocycles. The van der Waals surface area contributed by atoms with Crippen molar-refractivity contribution in [3.63, 3.8) is 0 Å². The van der Waals surface area contributed by atoms with Gasteiger partial charge in [-0.1, -0.05) is 29.3 Å². The zero-order chi connectivity index (χ0) is 31.9. The summed E-state index contributed by atoms with van der Waals surface area (Å²) in [6.45, 7) is -1.21. The highest BCUT2D eigenvalue weighted by Crippen LogP contribution is 2.38. The average Bonchev–Trinajstić information content (AvgIpc) is 3.86. The van der Waals surface area contributed by atoms with E-state index in [9.17, 15) is 18.4 Å². The number of aromatic amines is 1. The summed E-state index contributed by atoms with van der Waals surface area (Å²) >= 11 is 12.9. The van der Waals surface area contributed by atoms with Crippen LogP contribution in [0.4, 0.5) is 8.78 Å². The number of hydrogen-bond donors (Lipinski definition) is 1. The van der Waals surface area contributed by atoms with Gasteiger partial charge in [0.05, 0.1) is 25.9 Å². The Morgan fingerprint density at radius 1 is 1.07 bits per heavy atom. The predicted octanol–water partition coefficient (Wildman–Crippen LogP) is 5.27. The highest BCUT2D eigenvalue weighted by molar-refractivity contribution is 6.35. The minimum absolute atomic E-state index is 0. The molecule has 14 heteroatoms. The Morgan fingerprint density at radius 3 is 2.46 bits per heavy atom. The molecule has 2 fully saturated rings. The monoisotopic (exact) mass is 682 g/mol. The maximum atomic E-state index is 13.6. The van der Waals surface area contributed by atoms with Crippen molar-refractivity contribution in [3.8, 4) is 17.2 Å². The topological polar surface area (TPSA) is 136 Å². The third-order valence-electron chi connectivity index (χ3n) is 7.53. The number of carbonyl (C=O) groups excluding carboxylic acids is 2. The molecule has 248 valence electrons. The molecule has 0 amide bonds. The van der Waals surface area contributed by atoms with Crippen molar-refractivity contribution in [2.75, 3.05) is 33.4 Å². The van der Waals surface area contributed by atoms with Crippen LogP contribution in [0, 0.1) is 5.92 Å². The maximum absolute atomic E-state index is 13.6. The third-order valence-corrected chi connectivity index (χ3v) is 8.20. The van der Waals surface area contributed by atoms with Crippen molar-refractivity contribution in [1.82, 2.24) is 5.32 Å². The van der Waals surface area contributed by atoms with E-state index in [0.29, 0.717) is 64.7 Å². The molecule has 1 aliphatic heterocycles. The van der Waals surface area contributed by atoms with Crippen LogP contribution in [-0.4, -0.2) is 63.4 Å². The van der Waals surface area contributed by atoms with Crippen molar-refractivity contribution in [2.45, 2.75) is 44.5 Å². The van der Waals surface area contributed by atoms with Gasteiger partial charge in [0, 0.05) is 37.1 Å². The van der Waals surface area contributed by atoms with Gasteiger partial charge < -0.3 is 34.5 Å². The Balaban J connectivity index is 0.00000480. The first-order valence-electron chi connectivity index (χ1n) is 14.5. The average molecular weight is 684 g/mol. The van der Waals surface area contributed by atoms with Gasteiger partial charge in [0.1, 0.15) is 28.0 Å². The van der Waals surface area contributed by atoms with E-state index in [-0.39, 0.29) is 41.2 Å². The van der Waals surface area contributed by atoms with Crippen LogP contribution in [-0.2, 0) is 27.1 Å². The number of halogens is 4. The third kappa shape index (κ3) is 9.26. The molecule has 3 N–H and O–H groups in total. The molecule has 46 heavy (non-hydrogen) atoms. The van der Waals surface area contributed by atoms with Crippen molar-refractivity contribution >= 4 is 35.0 Å². The first-order chi connectivity index (χ1) is 21.7. The van der Waals surface area contributed by atoms with Crippen LogP contribution in [0.15, 0.2) is 48.8 Å². The van der Waals surface area contributed by atoms with Gasteiger partial charge in [-0.15, -0.1) is 0 Å². The summed E-state index contributed by atoms with van der Waals surface area (Å²) in [4.78, 5) is 29.4. The number of benzene rings is 2. The number of morpholine rings is 1. The minimum Gasteiger partial charge on any atom is -0.870 e. The van der Waals surface area contributed by atoms with Gasteiger partial charge in [0.2, 0.25) is 0 Å². The number of Topliss-reactive ketones (excluding diaryl/α,β-unsaturated/α-hetero) is 1. The van der Waals surface area contributed by atoms with Crippen LogP contribution in [0.25, 0.3) is 0 Å². The zero-order valence-corrected chi connectivity index (χ0v) is 26.4. The number of hydrogen-bond acceptors (Lipinski definition) is 9. The maximum Gasteiger partial charge on any atom is 0.387 e. The molecular formula is C32H34Cl2F2N2O8. The number of carbonyl (C=O) groups is 2. The Kier molecular flexibility index (Phi) is 12.5. The number of alkyl halides is 2. The van der Waals surface area contributed by atoms with E-state index < -0.39 is 24.8 Å². The standard InChI is InChI=1S/C32H32Cl2F2N2O7.H2O/c1-41-26-6-5-20(10-21(26)11-25(39)30-16-37-8-9-42-30)31(40)44-28(13-22-23(33)14-38-15-24(22)34)19-4-7-27(45-32(35)36)29(12-19)43-17-18-2-3-18;/h4-7,10,12,14-15,18,28,30,32,37H,2-3,8-9,11,13,16-17H2,1H3;1H2/t28-,30?;/m0./s1. The summed E-state index contributed by atoms with van der Waals surface area (Å²) in [5, 5.41) is 3.76. The fourth-order valence-corrected chi connectivity index (χ4v) is 5.45. The normalized spacial score (nSPS) is 16.7. The lowest BCUT2D eigenvalue weighted by Crippen LogP contribution is -2.43. The molecule has 2 heterocycles. The number of ketones is 1. The lowest BCUT2D eigenvalue weighted by molar-refractivity contribution is -0.377. The minimum atomic E-state index is -3.05. The molecule has 1 saturated heterocycles. The molecule has 0 radical (unpaired) electrons. The van der Waals surface area contributed by atoms with Crippen molar-refractivity contribution < 1.29 is 52.5 Å². The lowest BCUT2D eigenvalue weighted by Gasteiger charge is -2.23. The number of methoxy groups -OCH3 is 1. The molecule has 1 aliphatic carbocycles. The summed E-state index contributed by atoms with van der Waals surface area (Å²) in [5.74, 6) is -0.104. The van der Waals surface area contributed by atoms with Crippen LogP contribution < -0.4 is 24.5 Å². The number of H-pyrrole nitrogens is 1. The zero-order valence-electron chi connectivity index (χ0n) is 24.9. The molecule has 1 unspecified atom stereocenters. The Bertz CT molecular complexity index is 1500. The summed E-state index contributed by atoms with van der Waals surface area (Å²) in [5.41, 5.74) is 1.62. The fraction of sp³-hybridized carbons (Fsp3) is 0.406. The predicted molar refractivity (Wildman–Crippen MR) is 162 cm³/mol. The van der Waals surface area contributed by atoms with Crippen LogP contribution in [0.2, 0.25) is 10.0 Å². The van der Waals surface area contributed by atoms with Crippen molar-refractivity contribution in [3.05, 3.63) is 81.1 Å². The highest BCUT2D eigenvalue weighted by Gasteiger charge is 2.28. The number of rotatable bonds is 14. The van der Waals surface area contributed by atoms with E-state index in [4.69, 9.17) is 42.1 Å². The largest absolute Gasteiger partial charge is 0.870 e. The Labute approximate surface area is 274 Å². The lowest BCUT2D eigenvalue weighted by atomic mass is 10.00. The Hall–Kier alpha value is -3.55. The molecule has 3 aromatic rings. The first-order valence-corrected chi connectivity index (χ1v) is 15.3. The van der Waals surface area contributed by atoms with E-state index in [1.807, 2.05) is 0 Å². The summed E-state index contributed by atoms with van der Waals surface area (Å²) in [6, 6.07) is 9.07. The SMILES string of the molecule is COc1ccc(C(=O)O[C@@H](Cc2c(Cl)c[nH+]cc2Cl)c2ccc(OC(F)F)c(OCC3CC3)c2)cc1CC(=O)C1CNCCO1.[OH-]. The van der Waals surface area contributed by atoms with Gasteiger partial charge in [-0.25, -0.2) is 9.78 Å². The molecule has 0 bridgehead atoms. The van der Waals surface area contributed by atoms with Crippen LogP contribution in [0.5, 0.6) is 17.2 Å². The van der Waals surface area contributed by atoms with Crippen molar-refractivity contribution in [1.29, 1.82) is 0 Å². The van der Waals surface area contributed by atoms with E-state index in [2.05, 4.69) is 15.0 Å². The number of ether oxygens (including phenoxy) is 5. The molecule has 2 atom stereocenters. The number of aromatic nitrogens is 1. The molecule has 5 rings (SSSR count). The van der Waals surface area contributed by atoms with Gasteiger partial charge in [0.25, 0.3) is 0 Å². The van der Waals surface area contributed by atoms with E-state index >= 15 is 0 Å². The van der Waals surface area contributed by atoms with Crippen LogP contribution >= 0.6 is 23.2 Å². The molecule has 2 aliphatic rings. The molecule has 0 spiro atoms. The molecule has 1 saturated carbocycles. The smallest absolute Gasteiger partial charge is 0.387 e. The van der Waals surface area contributed by atoms with Crippen LogP contribution in [0.3, 0.4) is 0 Å². The molecule has 1 aromatic heterocycles. The summed E-state index contributed by atoms with van der Waals surface area (Å²) in [6.07, 6.45) is 3.55. The van der Waals surface area contributed by atoms with Gasteiger partial charge in [-0.2, -0.15) is 8.78 Å². The second-order valence-corrected chi connectivity index (χ2v) is 11.6. The highest BCUT2D eigenvalue weighted by atomic mass is 35.5. The Morgan fingerprint density at radius 2 is 1.80 bits per heavy atom. The number of nitrogens with one attached hydrogen (secondary N) is 2. The summed E-state index contributed by atoms with van der Waals surface area (Å²) in [7, 11) is 1.48. The number of pyridine rings is 1. The van der Waals surface area contributed by atoms with E-state index in [1.165, 1.54) is 31.4 Å². The van der Waals surface area contributed by atoms with Gasteiger partial charge in [-0.3, -0.25) is 4.79 Å². The second kappa shape index (κ2) is 16.3. The molecule has 10 nitrogen and oxygen atoms in total. The summed E-state index contributed by atoms with van der Waals surface area (Å²) < 4.78 is 53.9. The van der Waals surface area contributed by atoms with Crippen molar-refractivity contribution in [2.24, 2.45) is 5.92 Å². The second-order valence-electron chi connectivity index (χ2n) is 10.8.